The van der Waals surface area contributed by atoms with Gasteiger partial charge in [-0.3, -0.25) is 4.79 Å². The molecule has 0 saturated carbocycles. The molecule has 0 spiro atoms. The molecule has 0 aromatic carbocycles. The highest BCUT2D eigenvalue weighted by Gasteiger charge is 2.25. The third kappa shape index (κ3) is 4.84. The molecule has 1 saturated heterocycles. The molecule has 0 radical (unpaired) electrons. The van der Waals surface area contributed by atoms with Crippen molar-refractivity contribution in [3.8, 4) is 11.8 Å². The molecule has 2 rings (SSSR count). The minimum absolute atomic E-state index is 0.0241. The highest BCUT2D eigenvalue weighted by molar-refractivity contribution is 7.91. The molecule has 1 aromatic rings. The van der Waals surface area contributed by atoms with Gasteiger partial charge in [-0.2, -0.15) is 0 Å². The van der Waals surface area contributed by atoms with Crippen LogP contribution in [0.15, 0.2) is 12.1 Å². The number of aliphatic hydroxyl groups excluding tert-OH is 1. The van der Waals surface area contributed by atoms with Crippen LogP contribution in [0.1, 0.15) is 33.8 Å². The second-order valence-electron chi connectivity index (χ2n) is 4.84. The fourth-order valence-corrected chi connectivity index (χ4v) is 4.30. The lowest BCUT2D eigenvalue weighted by atomic mass is 10.1. The molecule has 0 aliphatic carbocycles. The zero-order chi connectivity index (χ0) is 15.3. The van der Waals surface area contributed by atoms with Gasteiger partial charge in [0.2, 0.25) is 0 Å². The predicted octanol–water partition coefficient (Wildman–Crippen LogP) is 0.789. The smallest absolute Gasteiger partial charge is 0.261 e. The molecule has 7 heteroatoms. The Bertz CT molecular complexity index is 653. The van der Waals surface area contributed by atoms with Crippen LogP contribution in [0.2, 0.25) is 0 Å². The van der Waals surface area contributed by atoms with Crippen molar-refractivity contribution in [3.05, 3.63) is 21.9 Å². The average molecular weight is 327 g/mol. The van der Waals surface area contributed by atoms with E-state index in [4.69, 9.17) is 5.11 Å². The Hall–Kier alpha value is -1.36. The van der Waals surface area contributed by atoms with E-state index in [2.05, 4.69) is 17.2 Å². The van der Waals surface area contributed by atoms with Crippen LogP contribution >= 0.6 is 11.3 Å². The normalized spacial score (nSPS) is 17.8. The van der Waals surface area contributed by atoms with Crippen molar-refractivity contribution in [1.82, 2.24) is 5.32 Å². The van der Waals surface area contributed by atoms with Crippen molar-refractivity contribution < 1.29 is 18.3 Å². The van der Waals surface area contributed by atoms with E-state index in [1.165, 1.54) is 11.3 Å². The molecule has 1 amide bonds. The number of nitrogens with one attached hydrogen (secondary N) is 1. The van der Waals surface area contributed by atoms with Gasteiger partial charge in [-0.1, -0.05) is 11.8 Å². The third-order valence-corrected chi connectivity index (χ3v) is 5.88. The maximum absolute atomic E-state index is 12.1. The monoisotopic (exact) mass is 327 g/mol. The van der Waals surface area contributed by atoms with E-state index in [9.17, 15) is 13.2 Å². The fourth-order valence-electron chi connectivity index (χ4n) is 2.02. The zero-order valence-electron chi connectivity index (χ0n) is 11.5. The van der Waals surface area contributed by atoms with Gasteiger partial charge in [-0.15, -0.1) is 11.3 Å². The third-order valence-electron chi connectivity index (χ3n) is 3.17. The van der Waals surface area contributed by atoms with Gasteiger partial charge in [-0.25, -0.2) is 8.42 Å². The number of rotatable bonds is 3. The van der Waals surface area contributed by atoms with Crippen LogP contribution in [-0.4, -0.2) is 43.6 Å². The van der Waals surface area contributed by atoms with Gasteiger partial charge in [0, 0.05) is 12.5 Å². The Kier molecular flexibility index (Phi) is 5.39. The number of carbonyl (C=O) groups is 1. The molecule has 114 valence electrons. The van der Waals surface area contributed by atoms with Gasteiger partial charge >= 0.3 is 0 Å². The molecule has 1 fully saturated rings. The number of hydrogen-bond donors (Lipinski definition) is 2. The van der Waals surface area contributed by atoms with Crippen molar-refractivity contribution in [2.45, 2.75) is 25.3 Å². The van der Waals surface area contributed by atoms with E-state index in [0.29, 0.717) is 24.1 Å². The standard InChI is InChI=1S/C14H17NO4S2/c16-8-2-1-3-12-4-5-13(20-12)14(17)15-11-6-9-21(18,19)10-7-11/h4-5,11,16H,2,6-10H2,(H,15,17). The molecule has 5 nitrogen and oxygen atoms in total. The average Bonchev–Trinajstić information content (AvgIpc) is 2.90. The molecular formula is C14H17NO4S2. The van der Waals surface area contributed by atoms with Crippen molar-refractivity contribution in [3.63, 3.8) is 0 Å². The van der Waals surface area contributed by atoms with Crippen LogP contribution in [0.25, 0.3) is 0 Å². The number of amides is 1. The largest absolute Gasteiger partial charge is 0.395 e. The maximum Gasteiger partial charge on any atom is 0.261 e. The van der Waals surface area contributed by atoms with Crippen LogP contribution in [0, 0.1) is 11.8 Å². The summed E-state index contributed by atoms with van der Waals surface area (Å²) >= 11 is 1.29. The quantitative estimate of drug-likeness (QED) is 0.804. The van der Waals surface area contributed by atoms with Crippen LogP contribution < -0.4 is 5.32 Å². The van der Waals surface area contributed by atoms with Gasteiger partial charge in [0.15, 0.2) is 0 Å². The fraction of sp³-hybridized carbons (Fsp3) is 0.500. The molecule has 1 aliphatic rings. The number of hydrogen-bond acceptors (Lipinski definition) is 5. The van der Waals surface area contributed by atoms with Gasteiger partial charge in [-0.05, 0) is 25.0 Å². The number of sulfone groups is 1. The molecule has 1 aliphatic heterocycles. The number of aliphatic hydroxyl groups is 1. The van der Waals surface area contributed by atoms with Crippen LogP contribution in [0.3, 0.4) is 0 Å². The van der Waals surface area contributed by atoms with Gasteiger partial charge in [0.25, 0.3) is 5.91 Å². The Morgan fingerprint density at radius 2 is 2.10 bits per heavy atom. The van der Waals surface area contributed by atoms with E-state index in [0.717, 1.165) is 4.88 Å². The first-order valence-corrected chi connectivity index (χ1v) is 9.35. The molecule has 1 aromatic heterocycles. The lowest BCUT2D eigenvalue weighted by molar-refractivity contribution is 0.0938. The second-order valence-corrected chi connectivity index (χ2v) is 8.23. The molecule has 2 N–H and O–H groups in total. The summed E-state index contributed by atoms with van der Waals surface area (Å²) < 4.78 is 22.7. The lowest BCUT2D eigenvalue weighted by Gasteiger charge is -2.22. The van der Waals surface area contributed by atoms with E-state index in [1.54, 1.807) is 12.1 Å². The Balaban J connectivity index is 1.91. The van der Waals surface area contributed by atoms with Crippen molar-refractivity contribution in [1.29, 1.82) is 0 Å². The number of carbonyl (C=O) groups excluding carboxylic acids is 1. The van der Waals surface area contributed by atoms with Crippen LogP contribution in [0.5, 0.6) is 0 Å². The van der Waals surface area contributed by atoms with Crippen LogP contribution in [0.4, 0.5) is 0 Å². The summed E-state index contributed by atoms with van der Waals surface area (Å²) in [4.78, 5) is 13.4. The highest BCUT2D eigenvalue weighted by atomic mass is 32.2. The number of thiophene rings is 1. The van der Waals surface area contributed by atoms with Gasteiger partial charge < -0.3 is 10.4 Å². The summed E-state index contributed by atoms with van der Waals surface area (Å²) in [5.41, 5.74) is 0. The van der Waals surface area contributed by atoms with Crippen LogP contribution in [-0.2, 0) is 9.84 Å². The van der Waals surface area contributed by atoms with E-state index in [-0.39, 0.29) is 30.1 Å². The van der Waals surface area contributed by atoms with Gasteiger partial charge in [0.05, 0.1) is 27.9 Å². The molecule has 2 heterocycles. The summed E-state index contributed by atoms with van der Waals surface area (Å²) in [5.74, 6) is 5.79. The summed E-state index contributed by atoms with van der Waals surface area (Å²) in [6, 6.07) is 3.41. The molecule has 0 unspecified atom stereocenters. The van der Waals surface area contributed by atoms with Crippen molar-refractivity contribution in [2.75, 3.05) is 18.1 Å². The van der Waals surface area contributed by atoms with E-state index in [1.807, 2.05) is 0 Å². The lowest BCUT2D eigenvalue weighted by Crippen LogP contribution is -2.40. The first kappa shape index (κ1) is 16.0. The summed E-state index contributed by atoms with van der Waals surface area (Å²) in [6.45, 7) is 0.0241. The topological polar surface area (TPSA) is 83.5 Å². The molecule has 0 atom stereocenters. The van der Waals surface area contributed by atoms with Crippen molar-refractivity contribution in [2.24, 2.45) is 0 Å². The summed E-state index contributed by atoms with van der Waals surface area (Å²) in [7, 11) is -2.91. The zero-order valence-corrected chi connectivity index (χ0v) is 13.1. The predicted molar refractivity (Wildman–Crippen MR) is 82.0 cm³/mol. The van der Waals surface area contributed by atoms with E-state index < -0.39 is 9.84 Å². The minimum Gasteiger partial charge on any atom is -0.395 e. The highest BCUT2D eigenvalue weighted by Crippen LogP contribution is 2.17. The Morgan fingerprint density at radius 3 is 2.76 bits per heavy atom. The molecule has 21 heavy (non-hydrogen) atoms. The Morgan fingerprint density at radius 1 is 1.38 bits per heavy atom. The van der Waals surface area contributed by atoms with Crippen molar-refractivity contribution >= 4 is 27.1 Å². The SMILES string of the molecule is O=C(NC1CCS(=O)(=O)CC1)c1ccc(C#CCCO)s1. The van der Waals surface area contributed by atoms with E-state index >= 15 is 0 Å². The minimum atomic E-state index is -2.91. The summed E-state index contributed by atoms with van der Waals surface area (Å²) in [5, 5.41) is 11.5. The second kappa shape index (κ2) is 7.07. The molecule has 0 bridgehead atoms. The maximum atomic E-state index is 12.1. The first-order valence-electron chi connectivity index (χ1n) is 6.71. The molecular weight excluding hydrogens is 310 g/mol. The summed E-state index contributed by atoms with van der Waals surface area (Å²) in [6.07, 6.45) is 1.36. The Labute approximate surface area is 128 Å². The van der Waals surface area contributed by atoms with Gasteiger partial charge in [0.1, 0.15) is 9.84 Å². The first-order chi connectivity index (χ1) is 10.00.